The largest absolute Gasteiger partial charge is 0.368 e. The molecule has 0 spiro atoms. The van der Waals surface area contributed by atoms with Gasteiger partial charge in [0.1, 0.15) is 5.37 Å². The lowest BCUT2D eigenvalue weighted by molar-refractivity contribution is -0.160. The number of hydrogen-bond donors (Lipinski definition) is 0. The molecular formula is C7H10NO2PS. The van der Waals surface area contributed by atoms with Gasteiger partial charge in [-0.1, -0.05) is 0 Å². The van der Waals surface area contributed by atoms with E-state index in [1.807, 2.05) is 4.90 Å². The van der Waals surface area contributed by atoms with Gasteiger partial charge in [-0.15, -0.1) is 20.6 Å². The molecule has 0 aromatic heterocycles. The summed E-state index contributed by atoms with van der Waals surface area (Å²) in [5, 5.41) is 1.43. The molecule has 2 atom stereocenters. The summed E-state index contributed by atoms with van der Waals surface area (Å²) in [5.74, 6) is 1.09. The summed E-state index contributed by atoms with van der Waals surface area (Å²) in [6.07, 6.45) is -0.199. The summed E-state index contributed by atoms with van der Waals surface area (Å²) in [6.45, 7) is 0.743. The molecule has 0 radical (unpaired) electrons. The molecule has 1 unspecified atom stereocenters. The van der Waals surface area contributed by atoms with Crippen LogP contribution in [0.2, 0.25) is 0 Å². The van der Waals surface area contributed by atoms with Gasteiger partial charge in [-0.25, -0.2) is 0 Å². The number of β-lactam (4-membered cyclic amide) rings is 1. The average molecular weight is 203 g/mol. The molecule has 2 aliphatic heterocycles. The van der Waals surface area contributed by atoms with Gasteiger partial charge in [0, 0.05) is 19.4 Å². The van der Waals surface area contributed by atoms with Gasteiger partial charge in [-0.05, 0) is 5.29 Å². The highest BCUT2D eigenvalue weighted by Crippen LogP contribution is 2.35. The zero-order valence-corrected chi connectivity index (χ0v) is 8.56. The van der Waals surface area contributed by atoms with E-state index in [1.165, 1.54) is 5.29 Å². The van der Waals surface area contributed by atoms with Crippen molar-refractivity contribution >= 4 is 31.8 Å². The first-order chi connectivity index (χ1) is 5.74. The lowest BCUT2D eigenvalue weighted by Crippen LogP contribution is -2.66. The van der Waals surface area contributed by atoms with E-state index in [4.69, 9.17) is 4.74 Å². The maximum absolute atomic E-state index is 11.3. The average Bonchev–Trinajstić information content (AvgIpc) is 2.07. The number of amides is 1. The normalized spacial score (nSPS) is 34.6. The van der Waals surface area contributed by atoms with Gasteiger partial charge in [-0.2, -0.15) is 0 Å². The molecule has 0 aromatic rings. The molecule has 0 aliphatic carbocycles. The first-order valence-corrected chi connectivity index (χ1v) is 5.30. The molecule has 0 saturated carbocycles. The van der Waals surface area contributed by atoms with Gasteiger partial charge in [0.25, 0.3) is 5.91 Å². The Bertz CT molecular complexity index is 246. The third-order valence-electron chi connectivity index (χ3n) is 2.14. The fraction of sp³-hybridized carbons (Fsp3) is 0.714. The van der Waals surface area contributed by atoms with Crippen LogP contribution in [0.3, 0.4) is 0 Å². The second kappa shape index (κ2) is 3.02. The maximum atomic E-state index is 11.3. The van der Waals surface area contributed by atoms with E-state index in [1.54, 1.807) is 18.9 Å². The number of hydrogen-bond acceptors (Lipinski definition) is 3. The van der Waals surface area contributed by atoms with Crippen molar-refractivity contribution in [1.29, 1.82) is 0 Å². The smallest absolute Gasteiger partial charge is 0.256 e. The Kier molecular flexibility index (Phi) is 2.15. The molecule has 66 valence electrons. The molecule has 2 rings (SSSR count). The minimum absolute atomic E-state index is 0.116. The molecule has 2 heterocycles. The van der Waals surface area contributed by atoms with Gasteiger partial charge in [-0.3, -0.25) is 4.79 Å². The molecule has 2 aliphatic rings. The highest BCUT2D eigenvalue weighted by Gasteiger charge is 2.49. The van der Waals surface area contributed by atoms with Crippen LogP contribution in [0, 0.1) is 0 Å². The van der Waals surface area contributed by atoms with Crippen molar-refractivity contribution < 1.29 is 9.53 Å². The van der Waals surface area contributed by atoms with Crippen LogP contribution in [-0.4, -0.2) is 47.0 Å². The second-order valence-electron chi connectivity index (χ2n) is 2.93. The Morgan fingerprint density at radius 2 is 2.50 bits per heavy atom. The zero-order chi connectivity index (χ0) is 8.72. The number of fused-ring (bicyclic) bond motifs is 1. The van der Waals surface area contributed by atoms with Gasteiger partial charge in [0.2, 0.25) is 0 Å². The van der Waals surface area contributed by atoms with Crippen LogP contribution in [0.4, 0.5) is 0 Å². The molecule has 1 amide bonds. The number of carbonyl (C=O) groups excluding carboxylic acids is 1. The highest BCUT2D eigenvalue weighted by molar-refractivity contribution is 8.01. The third kappa shape index (κ3) is 1.10. The molecule has 0 bridgehead atoms. The Balaban J connectivity index is 2.06. The quantitative estimate of drug-likeness (QED) is 0.451. The number of rotatable bonds is 1. The van der Waals surface area contributed by atoms with E-state index in [0.717, 1.165) is 12.3 Å². The lowest BCUT2D eigenvalue weighted by atomic mass is 10.1. The van der Waals surface area contributed by atoms with Gasteiger partial charge >= 0.3 is 0 Å². The van der Waals surface area contributed by atoms with E-state index < -0.39 is 0 Å². The molecule has 0 N–H and O–H groups in total. The van der Waals surface area contributed by atoms with Gasteiger partial charge < -0.3 is 9.64 Å². The number of methoxy groups -OCH3 is 1. The predicted molar refractivity (Wildman–Crippen MR) is 52.1 cm³/mol. The first-order valence-electron chi connectivity index (χ1n) is 3.75. The predicted octanol–water partition coefficient (Wildman–Crippen LogP) is 0.232. The summed E-state index contributed by atoms with van der Waals surface area (Å²) in [4.78, 5) is 13.2. The van der Waals surface area contributed by atoms with Crippen molar-refractivity contribution in [3.05, 3.63) is 0 Å². The van der Waals surface area contributed by atoms with E-state index >= 15 is 0 Å². The minimum Gasteiger partial charge on any atom is -0.368 e. The van der Waals surface area contributed by atoms with Crippen molar-refractivity contribution in [2.75, 3.05) is 19.4 Å². The molecule has 12 heavy (non-hydrogen) atoms. The number of nitrogens with zero attached hydrogens (tertiary/aromatic N) is 1. The van der Waals surface area contributed by atoms with E-state index in [9.17, 15) is 4.79 Å². The fourth-order valence-corrected chi connectivity index (χ4v) is 3.14. The SMILES string of the molecule is COC1C(=O)N2CC(=P)CS[C@H]12. The number of ether oxygens (including phenoxy) is 1. The van der Waals surface area contributed by atoms with E-state index in [2.05, 4.69) is 8.86 Å². The summed E-state index contributed by atoms with van der Waals surface area (Å²) in [6, 6.07) is 0. The summed E-state index contributed by atoms with van der Waals surface area (Å²) < 4.78 is 5.07. The van der Waals surface area contributed by atoms with Crippen LogP contribution in [0.5, 0.6) is 0 Å². The molecule has 3 nitrogen and oxygen atoms in total. The van der Waals surface area contributed by atoms with Crippen molar-refractivity contribution in [3.63, 3.8) is 0 Å². The number of thioether (sulfide) groups is 1. The third-order valence-corrected chi connectivity index (χ3v) is 4.09. The van der Waals surface area contributed by atoms with Crippen LogP contribution < -0.4 is 0 Å². The van der Waals surface area contributed by atoms with Crippen LogP contribution in [-0.2, 0) is 9.53 Å². The topological polar surface area (TPSA) is 29.5 Å². The maximum Gasteiger partial charge on any atom is 0.256 e. The van der Waals surface area contributed by atoms with Crippen LogP contribution >= 0.6 is 20.6 Å². The molecule has 0 aromatic carbocycles. The monoisotopic (exact) mass is 203 g/mol. The summed E-state index contributed by atoms with van der Waals surface area (Å²) >= 11 is 1.75. The molecular weight excluding hydrogens is 193 g/mol. The Hall–Kier alpha value is -0.0500. The van der Waals surface area contributed by atoms with Crippen molar-refractivity contribution in [3.8, 4) is 0 Å². The Labute approximate surface area is 77.7 Å². The lowest BCUT2D eigenvalue weighted by Gasteiger charge is -2.48. The Morgan fingerprint density at radius 3 is 3.17 bits per heavy atom. The summed E-state index contributed by atoms with van der Waals surface area (Å²) in [5.41, 5.74) is 0. The van der Waals surface area contributed by atoms with Crippen molar-refractivity contribution in [2.45, 2.75) is 11.5 Å². The second-order valence-corrected chi connectivity index (χ2v) is 4.74. The highest BCUT2D eigenvalue weighted by atomic mass is 32.2. The minimum atomic E-state index is -0.199. The van der Waals surface area contributed by atoms with E-state index in [0.29, 0.717) is 0 Å². The fourth-order valence-electron chi connectivity index (χ4n) is 1.49. The molecule has 2 fully saturated rings. The Morgan fingerprint density at radius 1 is 1.75 bits per heavy atom. The van der Waals surface area contributed by atoms with Crippen LogP contribution in [0.25, 0.3) is 0 Å². The molecule has 2 saturated heterocycles. The van der Waals surface area contributed by atoms with Gasteiger partial charge in [0.15, 0.2) is 6.10 Å². The van der Waals surface area contributed by atoms with Gasteiger partial charge in [0.05, 0.1) is 0 Å². The number of carbonyl (C=O) groups is 1. The zero-order valence-electron chi connectivity index (χ0n) is 6.74. The standard InChI is InChI=1S/C7H10NO2PS/c1-10-5-6(9)8-2-4(11)3-12-7(5)8/h5,7,11H,2-3H2,1H3/t5?,7-/m1/s1. The first kappa shape index (κ1) is 8.54. The molecule has 5 heteroatoms. The van der Waals surface area contributed by atoms with Crippen LogP contribution in [0.15, 0.2) is 0 Å². The summed E-state index contributed by atoms with van der Waals surface area (Å²) in [7, 11) is 5.06. The van der Waals surface area contributed by atoms with E-state index in [-0.39, 0.29) is 17.4 Å². The van der Waals surface area contributed by atoms with Crippen molar-refractivity contribution in [2.24, 2.45) is 0 Å². The van der Waals surface area contributed by atoms with Crippen LogP contribution in [0.1, 0.15) is 0 Å². The van der Waals surface area contributed by atoms with Crippen molar-refractivity contribution in [1.82, 2.24) is 4.90 Å².